The molecule has 0 spiro atoms. The fourth-order valence-electron chi connectivity index (χ4n) is 13.1. The van der Waals surface area contributed by atoms with Crippen molar-refractivity contribution in [2.24, 2.45) is 5.92 Å². The molecule has 0 aliphatic rings. The predicted octanol–water partition coefficient (Wildman–Crippen LogP) is 25.6. The number of phosphoric ester groups is 2. The second-order valence-electron chi connectivity index (χ2n) is 30.7. The van der Waals surface area contributed by atoms with Crippen molar-refractivity contribution in [1.82, 2.24) is 0 Å². The lowest BCUT2D eigenvalue weighted by Crippen LogP contribution is -2.30. The van der Waals surface area contributed by atoms with Gasteiger partial charge in [-0.25, -0.2) is 9.13 Å². The molecule has 0 aromatic rings. The topological polar surface area (TPSA) is 237 Å². The molecule has 0 heterocycles. The molecule has 0 fully saturated rings. The standard InChI is InChI=1S/C84H164O17P2/c1-6-9-12-15-18-20-22-24-26-28-29-30-31-32-38-42-46-50-55-60-65-70-84(89)101-80(74-95-82(87)68-63-58-53-48-44-40-37-34-33-35-39-43-47-52-56-61-66-77(4)5)76-99-103(92,93)97-72-78(85)71-96-102(90,91)98-75-79(73-94-81(86)67-62-57-51-17-14-11-8-3)100-83(88)69-64-59-54-49-45-41-36-27-25-23-21-19-16-13-10-7-2/h77-80,85H,6-76H2,1-5H3,(H,90,91)(H,92,93)/t78-,79+,80+/m0/s1. The summed E-state index contributed by atoms with van der Waals surface area (Å²) in [6.07, 6.45) is 69.7. The molecule has 0 aromatic heterocycles. The molecule has 0 radical (unpaired) electrons. The van der Waals surface area contributed by atoms with E-state index in [0.717, 1.165) is 109 Å². The van der Waals surface area contributed by atoms with Gasteiger partial charge in [-0.15, -0.1) is 0 Å². The Morgan fingerprint density at radius 2 is 0.447 bits per heavy atom. The lowest BCUT2D eigenvalue weighted by Gasteiger charge is -2.21. The molecule has 0 aromatic carbocycles. The van der Waals surface area contributed by atoms with Gasteiger partial charge >= 0.3 is 39.5 Å². The van der Waals surface area contributed by atoms with E-state index < -0.39 is 97.5 Å². The number of phosphoric acid groups is 2. The van der Waals surface area contributed by atoms with Crippen molar-refractivity contribution >= 4 is 39.5 Å². The largest absolute Gasteiger partial charge is 0.472 e. The number of hydrogen-bond acceptors (Lipinski definition) is 15. The van der Waals surface area contributed by atoms with Gasteiger partial charge < -0.3 is 33.8 Å². The molecule has 103 heavy (non-hydrogen) atoms. The molecule has 3 N–H and O–H groups in total. The number of aliphatic hydroxyl groups excluding tert-OH is 1. The van der Waals surface area contributed by atoms with Crippen LogP contribution in [0.5, 0.6) is 0 Å². The number of hydrogen-bond donors (Lipinski definition) is 3. The molecule has 2 unspecified atom stereocenters. The third-order valence-electron chi connectivity index (χ3n) is 19.8. The van der Waals surface area contributed by atoms with Crippen molar-refractivity contribution in [1.29, 1.82) is 0 Å². The van der Waals surface area contributed by atoms with E-state index in [-0.39, 0.29) is 25.7 Å². The first kappa shape index (κ1) is 101. The second kappa shape index (κ2) is 76.8. The lowest BCUT2D eigenvalue weighted by atomic mass is 10.0. The molecule has 0 bridgehead atoms. The molecule has 0 aliphatic carbocycles. The van der Waals surface area contributed by atoms with Crippen LogP contribution < -0.4 is 0 Å². The molecule has 0 aliphatic heterocycles. The molecule has 5 atom stereocenters. The predicted molar refractivity (Wildman–Crippen MR) is 423 cm³/mol. The Bertz CT molecular complexity index is 1960. The van der Waals surface area contributed by atoms with Gasteiger partial charge in [-0.1, -0.05) is 401 Å². The van der Waals surface area contributed by atoms with Crippen molar-refractivity contribution in [2.45, 2.75) is 470 Å². The molecule has 0 rings (SSSR count). The van der Waals surface area contributed by atoms with E-state index in [1.54, 1.807) is 0 Å². The average molecular weight is 1510 g/mol. The highest BCUT2D eigenvalue weighted by Crippen LogP contribution is 2.45. The van der Waals surface area contributed by atoms with Gasteiger partial charge in [0.05, 0.1) is 26.4 Å². The third kappa shape index (κ3) is 78.0. The molecule has 19 heteroatoms. The van der Waals surface area contributed by atoms with Crippen molar-refractivity contribution in [2.75, 3.05) is 39.6 Å². The van der Waals surface area contributed by atoms with Gasteiger partial charge in [0, 0.05) is 25.7 Å². The second-order valence-corrected chi connectivity index (χ2v) is 33.6. The van der Waals surface area contributed by atoms with Crippen LogP contribution in [0.15, 0.2) is 0 Å². The Morgan fingerprint density at radius 3 is 0.660 bits per heavy atom. The molecule has 0 saturated carbocycles. The average Bonchev–Trinajstić information content (AvgIpc) is 0.939. The Balaban J connectivity index is 5.16. The first-order valence-corrected chi connectivity index (χ1v) is 46.6. The number of carbonyl (C=O) groups excluding carboxylic acids is 4. The van der Waals surface area contributed by atoms with E-state index in [2.05, 4.69) is 34.6 Å². The van der Waals surface area contributed by atoms with E-state index in [1.807, 2.05) is 0 Å². The van der Waals surface area contributed by atoms with Crippen LogP contribution in [0.25, 0.3) is 0 Å². The Morgan fingerprint density at radius 1 is 0.262 bits per heavy atom. The summed E-state index contributed by atoms with van der Waals surface area (Å²) in [5, 5.41) is 10.6. The van der Waals surface area contributed by atoms with Gasteiger partial charge in [-0.3, -0.25) is 37.3 Å². The van der Waals surface area contributed by atoms with Gasteiger partial charge in [-0.2, -0.15) is 0 Å². The van der Waals surface area contributed by atoms with Crippen LogP contribution in [0.1, 0.15) is 452 Å². The Labute approximate surface area is 632 Å². The number of aliphatic hydroxyl groups is 1. The monoisotopic (exact) mass is 1510 g/mol. The number of ether oxygens (including phenoxy) is 4. The minimum atomic E-state index is -4.96. The van der Waals surface area contributed by atoms with Crippen LogP contribution in [-0.2, 0) is 65.4 Å². The zero-order valence-electron chi connectivity index (χ0n) is 67.5. The minimum Gasteiger partial charge on any atom is -0.462 e. The summed E-state index contributed by atoms with van der Waals surface area (Å²) in [6.45, 7) is 7.34. The van der Waals surface area contributed by atoms with Crippen LogP contribution >= 0.6 is 15.6 Å². The van der Waals surface area contributed by atoms with Gasteiger partial charge in [0.15, 0.2) is 12.2 Å². The normalized spacial score (nSPS) is 13.8. The van der Waals surface area contributed by atoms with Crippen LogP contribution in [0.3, 0.4) is 0 Å². The van der Waals surface area contributed by atoms with Crippen LogP contribution in [0, 0.1) is 5.92 Å². The number of carbonyl (C=O) groups is 4. The van der Waals surface area contributed by atoms with Gasteiger partial charge in [0.2, 0.25) is 0 Å². The number of esters is 4. The quantitative estimate of drug-likeness (QED) is 0.0222. The summed E-state index contributed by atoms with van der Waals surface area (Å²) in [5.74, 6) is -1.29. The van der Waals surface area contributed by atoms with Crippen LogP contribution in [0.4, 0.5) is 0 Å². The fourth-order valence-corrected chi connectivity index (χ4v) is 14.7. The van der Waals surface area contributed by atoms with E-state index in [1.165, 1.54) is 263 Å². The Hall–Kier alpha value is -1.94. The van der Waals surface area contributed by atoms with Crippen LogP contribution in [-0.4, -0.2) is 96.7 Å². The summed E-state index contributed by atoms with van der Waals surface area (Å²) in [6, 6.07) is 0. The van der Waals surface area contributed by atoms with E-state index in [9.17, 15) is 43.2 Å². The zero-order chi connectivity index (χ0) is 75.5. The van der Waals surface area contributed by atoms with Gasteiger partial charge in [0.25, 0.3) is 0 Å². The van der Waals surface area contributed by atoms with E-state index in [0.29, 0.717) is 25.7 Å². The van der Waals surface area contributed by atoms with Crippen molar-refractivity contribution < 1.29 is 80.2 Å². The highest BCUT2D eigenvalue weighted by Gasteiger charge is 2.30. The summed E-state index contributed by atoms with van der Waals surface area (Å²) in [4.78, 5) is 73.0. The first-order valence-electron chi connectivity index (χ1n) is 43.6. The first-order chi connectivity index (χ1) is 50.0. The molecule has 0 amide bonds. The van der Waals surface area contributed by atoms with Crippen LogP contribution in [0.2, 0.25) is 0 Å². The van der Waals surface area contributed by atoms with Crippen molar-refractivity contribution in [3.63, 3.8) is 0 Å². The Kier molecular flexibility index (Phi) is 75.4. The summed E-state index contributed by atoms with van der Waals surface area (Å²) in [5.41, 5.74) is 0. The maximum absolute atomic E-state index is 13.1. The minimum absolute atomic E-state index is 0.108. The smallest absolute Gasteiger partial charge is 0.462 e. The fraction of sp³-hybridized carbons (Fsp3) is 0.952. The number of unbranched alkanes of at least 4 members (excludes halogenated alkanes) is 56. The molecular formula is C84H164O17P2. The van der Waals surface area contributed by atoms with Gasteiger partial charge in [-0.05, 0) is 31.6 Å². The SMILES string of the molecule is CCCCCCCCCCCCCCCCCCCCCCCC(=O)O[C@H](COC(=O)CCCCCCCCCCCCCCCCCCC(C)C)COP(=O)(O)OC[C@@H](O)COP(=O)(O)OC[C@@H](COC(=O)CCCCCCCCC)OC(=O)CCCCCCCCCCCCCCCCCC. The maximum Gasteiger partial charge on any atom is 0.472 e. The molecule has 17 nitrogen and oxygen atoms in total. The maximum atomic E-state index is 13.1. The van der Waals surface area contributed by atoms with E-state index in [4.69, 9.17) is 37.0 Å². The third-order valence-corrected chi connectivity index (χ3v) is 21.7. The highest BCUT2D eigenvalue weighted by atomic mass is 31.2. The lowest BCUT2D eigenvalue weighted by molar-refractivity contribution is -0.161. The summed E-state index contributed by atoms with van der Waals surface area (Å²) in [7, 11) is -9.92. The zero-order valence-corrected chi connectivity index (χ0v) is 69.3. The van der Waals surface area contributed by atoms with E-state index >= 15 is 0 Å². The van der Waals surface area contributed by atoms with Crippen molar-refractivity contribution in [3.05, 3.63) is 0 Å². The number of rotatable bonds is 84. The summed E-state index contributed by atoms with van der Waals surface area (Å²) >= 11 is 0. The summed E-state index contributed by atoms with van der Waals surface area (Å²) < 4.78 is 68.7. The highest BCUT2D eigenvalue weighted by molar-refractivity contribution is 7.47. The van der Waals surface area contributed by atoms with Crippen molar-refractivity contribution in [3.8, 4) is 0 Å². The van der Waals surface area contributed by atoms with Gasteiger partial charge in [0.1, 0.15) is 19.3 Å². The molecule has 0 saturated heterocycles. The molecular weight excluding hydrogens is 1340 g/mol. The molecule has 612 valence electrons.